The molecule has 3 atom stereocenters. The molecule has 3 rings (SSSR count). The van der Waals surface area contributed by atoms with E-state index in [2.05, 4.69) is 11.0 Å². The quantitative estimate of drug-likeness (QED) is 0.918. The standard InChI is InChI=1S/C16H21NO3/c1-11-5-4-8-17(15(11)16(18)19)10-13-9-12-6-2-3-7-14(12)20-13/h2-3,6-7,11,13,15H,4-5,8-10H2,1H3,(H,18,19). The van der Waals surface area contributed by atoms with Crippen molar-refractivity contribution in [3.63, 3.8) is 0 Å². The molecule has 0 saturated carbocycles. The van der Waals surface area contributed by atoms with Crippen molar-refractivity contribution in [2.75, 3.05) is 13.1 Å². The number of likely N-dealkylation sites (tertiary alicyclic amines) is 1. The summed E-state index contributed by atoms with van der Waals surface area (Å²) in [5, 5.41) is 9.44. The van der Waals surface area contributed by atoms with E-state index in [1.54, 1.807) is 0 Å². The first-order valence-corrected chi connectivity index (χ1v) is 7.36. The number of hydrogen-bond acceptors (Lipinski definition) is 3. The van der Waals surface area contributed by atoms with Crippen LogP contribution in [0.2, 0.25) is 0 Å². The second-order valence-electron chi connectivity index (χ2n) is 5.95. The summed E-state index contributed by atoms with van der Waals surface area (Å²) in [6.07, 6.45) is 3.04. The van der Waals surface area contributed by atoms with Crippen LogP contribution in [0.25, 0.3) is 0 Å². The Hall–Kier alpha value is -1.55. The number of nitrogens with zero attached hydrogens (tertiary/aromatic N) is 1. The summed E-state index contributed by atoms with van der Waals surface area (Å²) in [5.41, 5.74) is 1.23. The molecule has 20 heavy (non-hydrogen) atoms. The minimum absolute atomic E-state index is 0.0829. The molecule has 108 valence electrons. The molecule has 2 aliphatic rings. The largest absolute Gasteiger partial charge is 0.488 e. The number of ether oxygens (including phenoxy) is 1. The lowest BCUT2D eigenvalue weighted by Crippen LogP contribution is -2.52. The van der Waals surface area contributed by atoms with Gasteiger partial charge >= 0.3 is 5.97 Å². The Morgan fingerprint density at radius 3 is 3.00 bits per heavy atom. The summed E-state index contributed by atoms with van der Waals surface area (Å²) in [4.78, 5) is 13.6. The third kappa shape index (κ3) is 2.52. The normalized spacial score (nSPS) is 29.8. The van der Waals surface area contributed by atoms with E-state index in [1.165, 1.54) is 5.56 Å². The van der Waals surface area contributed by atoms with Crippen molar-refractivity contribution >= 4 is 5.97 Å². The minimum Gasteiger partial charge on any atom is -0.488 e. The van der Waals surface area contributed by atoms with Crippen LogP contribution in [0.4, 0.5) is 0 Å². The molecule has 3 unspecified atom stereocenters. The van der Waals surface area contributed by atoms with Gasteiger partial charge in [-0.2, -0.15) is 0 Å². The number of rotatable bonds is 3. The van der Waals surface area contributed by atoms with E-state index in [9.17, 15) is 9.90 Å². The fourth-order valence-electron chi connectivity index (χ4n) is 3.49. The second kappa shape index (κ2) is 5.44. The topological polar surface area (TPSA) is 49.8 Å². The van der Waals surface area contributed by atoms with Gasteiger partial charge in [-0.3, -0.25) is 9.69 Å². The summed E-state index contributed by atoms with van der Waals surface area (Å²) < 4.78 is 5.94. The molecule has 4 nitrogen and oxygen atoms in total. The Bertz CT molecular complexity index is 477. The van der Waals surface area contributed by atoms with E-state index in [0.29, 0.717) is 6.54 Å². The zero-order valence-electron chi connectivity index (χ0n) is 11.8. The number of carboxylic acid groups (broad SMARTS) is 1. The Kier molecular flexibility index (Phi) is 3.66. The molecule has 2 aliphatic heterocycles. The van der Waals surface area contributed by atoms with Gasteiger partial charge in [0, 0.05) is 13.0 Å². The highest BCUT2D eigenvalue weighted by atomic mass is 16.5. The average Bonchev–Trinajstić information content (AvgIpc) is 2.80. The van der Waals surface area contributed by atoms with Crippen LogP contribution in [-0.2, 0) is 11.2 Å². The van der Waals surface area contributed by atoms with Gasteiger partial charge in [0.1, 0.15) is 17.9 Å². The van der Waals surface area contributed by atoms with Crippen LogP contribution >= 0.6 is 0 Å². The molecule has 0 aliphatic carbocycles. The lowest BCUT2D eigenvalue weighted by Gasteiger charge is -2.38. The van der Waals surface area contributed by atoms with E-state index in [1.807, 2.05) is 25.1 Å². The molecule has 2 heterocycles. The Balaban J connectivity index is 1.67. The van der Waals surface area contributed by atoms with Crippen LogP contribution in [0.1, 0.15) is 25.3 Å². The van der Waals surface area contributed by atoms with E-state index in [0.717, 1.165) is 31.6 Å². The van der Waals surface area contributed by atoms with Gasteiger partial charge in [0.25, 0.3) is 0 Å². The van der Waals surface area contributed by atoms with Gasteiger partial charge in [0.15, 0.2) is 0 Å². The number of fused-ring (bicyclic) bond motifs is 1. The maximum Gasteiger partial charge on any atom is 0.321 e. The Morgan fingerprint density at radius 2 is 2.25 bits per heavy atom. The predicted molar refractivity (Wildman–Crippen MR) is 76.0 cm³/mol. The number of hydrogen-bond donors (Lipinski definition) is 1. The smallest absolute Gasteiger partial charge is 0.321 e. The molecule has 0 spiro atoms. The molecule has 4 heteroatoms. The molecule has 0 aromatic heterocycles. The summed E-state index contributed by atoms with van der Waals surface area (Å²) in [5.74, 6) is 0.465. The summed E-state index contributed by atoms with van der Waals surface area (Å²) in [6, 6.07) is 7.71. The highest BCUT2D eigenvalue weighted by Crippen LogP contribution is 2.30. The average molecular weight is 275 g/mol. The first kappa shape index (κ1) is 13.4. The molecule has 1 saturated heterocycles. The van der Waals surface area contributed by atoms with Gasteiger partial charge in [-0.25, -0.2) is 0 Å². The van der Waals surface area contributed by atoms with Crippen LogP contribution in [0.15, 0.2) is 24.3 Å². The van der Waals surface area contributed by atoms with Crippen molar-refractivity contribution in [1.29, 1.82) is 0 Å². The third-order valence-corrected chi connectivity index (χ3v) is 4.44. The first-order valence-electron chi connectivity index (χ1n) is 7.36. The van der Waals surface area contributed by atoms with Gasteiger partial charge < -0.3 is 9.84 Å². The van der Waals surface area contributed by atoms with Crippen LogP contribution in [0, 0.1) is 5.92 Å². The zero-order chi connectivity index (χ0) is 14.1. The molecule has 1 aromatic rings. The molecule has 0 amide bonds. The number of carboxylic acids is 1. The monoisotopic (exact) mass is 275 g/mol. The van der Waals surface area contributed by atoms with Crippen molar-refractivity contribution in [3.8, 4) is 5.75 Å². The Morgan fingerprint density at radius 1 is 1.45 bits per heavy atom. The second-order valence-corrected chi connectivity index (χ2v) is 5.95. The van der Waals surface area contributed by atoms with E-state index < -0.39 is 5.97 Å². The number of benzene rings is 1. The molecule has 1 N–H and O–H groups in total. The van der Waals surface area contributed by atoms with Crippen LogP contribution in [0.5, 0.6) is 5.75 Å². The Labute approximate surface area is 119 Å². The molecular weight excluding hydrogens is 254 g/mol. The van der Waals surface area contributed by atoms with Crippen LogP contribution < -0.4 is 4.74 Å². The van der Waals surface area contributed by atoms with Gasteiger partial charge in [-0.05, 0) is 36.9 Å². The van der Waals surface area contributed by atoms with E-state index >= 15 is 0 Å². The summed E-state index contributed by atoms with van der Waals surface area (Å²) in [7, 11) is 0. The maximum absolute atomic E-state index is 11.5. The first-order chi connectivity index (χ1) is 9.65. The summed E-state index contributed by atoms with van der Waals surface area (Å²) >= 11 is 0. The highest BCUT2D eigenvalue weighted by Gasteiger charge is 2.36. The number of aliphatic carboxylic acids is 1. The fraction of sp³-hybridized carbons (Fsp3) is 0.562. The lowest BCUT2D eigenvalue weighted by molar-refractivity contribution is -0.147. The van der Waals surface area contributed by atoms with Crippen LogP contribution in [0.3, 0.4) is 0 Å². The molecular formula is C16H21NO3. The van der Waals surface area contributed by atoms with Crippen molar-refractivity contribution in [3.05, 3.63) is 29.8 Å². The van der Waals surface area contributed by atoms with E-state index in [-0.39, 0.29) is 18.1 Å². The highest BCUT2D eigenvalue weighted by molar-refractivity contribution is 5.74. The van der Waals surface area contributed by atoms with E-state index in [4.69, 9.17) is 4.74 Å². The molecule has 1 aromatic carbocycles. The lowest BCUT2D eigenvalue weighted by atomic mass is 9.90. The van der Waals surface area contributed by atoms with Gasteiger partial charge in [0.2, 0.25) is 0 Å². The summed E-state index contributed by atoms with van der Waals surface area (Å²) in [6.45, 7) is 3.60. The maximum atomic E-state index is 11.5. The van der Waals surface area contributed by atoms with Crippen LogP contribution in [-0.4, -0.2) is 41.2 Å². The molecule has 0 radical (unpaired) electrons. The number of piperidine rings is 1. The van der Waals surface area contributed by atoms with Gasteiger partial charge in [-0.1, -0.05) is 25.1 Å². The molecule has 0 bridgehead atoms. The van der Waals surface area contributed by atoms with Crippen molar-refractivity contribution in [2.24, 2.45) is 5.92 Å². The SMILES string of the molecule is CC1CCCN(CC2Cc3ccccc3O2)C1C(=O)O. The number of para-hydroxylation sites is 1. The third-order valence-electron chi connectivity index (χ3n) is 4.44. The minimum atomic E-state index is -0.701. The van der Waals surface area contributed by atoms with Crippen molar-refractivity contribution in [1.82, 2.24) is 4.90 Å². The van der Waals surface area contributed by atoms with Crippen molar-refractivity contribution < 1.29 is 14.6 Å². The predicted octanol–water partition coefficient (Wildman–Crippen LogP) is 2.18. The fourth-order valence-corrected chi connectivity index (χ4v) is 3.49. The van der Waals surface area contributed by atoms with Gasteiger partial charge in [0.05, 0.1) is 0 Å². The number of carbonyl (C=O) groups is 1. The molecule has 1 fully saturated rings. The zero-order valence-corrected chi connectivity index (χ0v) is 11.8. The van der Waals surface area contributed by atoms with Crippen molar-refractivity contribution in [2.45, 2.75) is 38.3 Å². The van der Waals surface area contributed by atoms with Gasteiger partial charge in [-0.15, -0.1) is 0 Å².